The molecule has 0 fully saturated rings. The Bertz CT molecular complexity index is 1090. The molecule has 0 atom stereocenters. The van der Waals surface area contributed by atoms with Crippen molar-refractivity contribution in [1.82, 2.24) is 20.6 Å². The zero-order chi connectivity index (χ0) is 19.2. The van der Waals surface area contributed by atoms with Crippen molar-refractivity contribution in [3.8, 4) is 11.3 Å². The molecular weight excluding hydrogens is 348 g/mol. The molecule has 0 aliphatic rings. The summed E-state index contributed by atoms with van der Waals surface area (Å²) in [6.07, 6.45) is 5.24. The van der Waals surface area contributed by atoms with Crippen molar-refractivity contribution in [2.75, 3.05) is 0 Å². The molecule has 5 nitrogen and oxygen atoms in total. The highest BCUT2D eigenvalue weighted by molar-refractivity contribution is 5.86. The summed E-state index contributed by atoms with van der Waals surface area (Å²) < 4.78 is 0. The minimum absolute atomic E-state index is 0.214. The molecule has 0 unspecified atom stereocenters. The normalized spacial score (nSPS) is 10.6. The van der Waals surface area contributed by atoms with Crippen molar-refractivity contribution in [2.24, 2.45) is 0 Å². The number of carbonyl (C=O) groups is 1. The summed E-state index contributed by atoms with van der Waals surface area (Å²) in [5.41, 5.74) is 3.78. The van der Waals surface area contributed by atoms with Crippen LogP contribution in [0.15, 0.2) is 85.3 Å². The SMILES string of the molecule is O=C(NCc1cccnc1-c1cccnc1)NCc1cccc2ccccc12. The average Bonchev–Trinajstić information content (AvgIpc) is 2.77. The molecule has 5 heteroatoms. The van der Waals surface area contributed by atoms with Crippen LogP contribution in [0, 0.1) is 0 Å². The standard InChI is InChI=1S/C23H20N4O/c28-23(26-15-18-8-3-7-17-6-1-2-11-21(17)18)27-16-20-10-5-13-25-22(20)19-9-4-12-24-14-19/h1-14H,15-16H2,(H2,26,27,28). The van der Waals surface area contributed by atoms with E-state index in [0.717, 1.165) is 27.8 Å². The van der Waals surface area contributed by atoms with E-state index in [9.17, 15) is 4.79 Å². The molecule has 2 aromatic carbocycles. The zero-order valence-corrected chi connectivity index (χ0v) is 15.3. The van der Waals surface area contributed by atoms with Gasteiger partial charge in [0, 0.05) is 37.2 Å². The van der Waals surface area contributed by atoms with Crippen LogP contribution in [0.1, 0.15) is 11.1 Å². The third-order valence-electron chi connectivity index (χ3n) is 4.58. The second-order valence-electron chi connectivity index (χ2n) is 6.43. The maximum atomic E-state index is 12.3. The Morgan fingerprint density at radius 1 is 0.786 bits per heavy atom. The average molecular weight is 368 g/mol. The molecular formula is C23H20N4O. The van der Waals surface area contributed by atoms with Crippen LogP contribution in [0.2, 0.25) is 0 Å². The molecule has 0 aliphatic heterocycles. The molecule has 0 aliphatic carbocycles. The van der Waals surface area contributed by atoms with Crippen molar-refractivity contribution in [3.63, 3.8) is 0 Å². The molecule has 0 saturated carbocycles. The quantitative estimate of drug-likeness (QED) is 0.552. The Morgan fingerprint density at radius 3 is 2.39 bits per heavy atom. The third kappa shape index (κ3) is 3.99. The summed E-state index contributed by atoms with van der Waals surface area (Å²) in [4.78, 5) is 20.9. The van der Waals surface area contributed by atoms with Gasteiger partial charge in [-0.05, 0) is 40.1 Å². The molecule has 138 valence electrons. The highest BCUT2D eigenvalue weighted by Gasteiger charge is 2.08. The van der Waals surface area contributed by atoms with Crippen LogP contribution in [0.3, 0.4) is 0 Å². The van der Waals surface area contributed by atoms with Crippen LogP contribution in [-0.4, -0.2) is 16.0 Å². The first-order chi connectivity index (χ1) is 13.8. The lowest BCUT2D eigenvalue weighted by molar-refractivity contribution is 0.240. The maximum Gasteiger partial charge on any atom is 0.315 e. The van der Waals surface area contributed by atoms with Gasteiger partial charge in [-0.15, -0.1) is 0 Å². The number of aromatic nitrogens is 2. The van der Waals surface area contributed by atoms with Gasteiger partial charge in [0.25, 0.3) is 0 Å². The maximum absolute atomic E-state index is 12.3. The number of urea groups is 1. The van der Waals surface area contributed by atoms with Crippen molar-refractivity contribution < 1.29 is 4.79 Å². The van der Waals surface area contributed by atoms with Crippen LogP contribution in [-0.2, 0) is 13.1 Å². The zero-order valence-electron chi connectivity index (χ0n) is 15.3. The number of amides is 2. The molecule has 0 spiro atoms. The van der Waals surface area contributed by atoms with Gasteiger partial charge in [-0.2, -0.15) is 0 Å². The van der Waals surface area contributed by atoms with Gasteiger partial charge in [0.2, 0.25) is 0 Å². The van der Waals surface area contributed by atoms with E-state index in [4.69, 9.17) is 0 Å². The molecule has 2 aromatic heterocycles. The number of fused-ring (bicyclic) bond motifs is 1. The van der Waals surface area contributed by atoms with Gasteiger partial charge in [0.05, 0.1) is 5.69 Å². The van der Waals surface area contributed by atoms with E-state index in [1.165, 1.54) is 5.39 Å². The fourth-order valence-corrected chi connectivity index (χ4v) is 3.20. The fourth-order valence-electron chi connectivity index (χ4n) is 3.20. The minimum Gasteiger partial charge on any atom is -0.334 e. The monoisotopic (exact) mass is 368 g/mol. The number of nitrogens with one attached hydrogen (secondary N) is 2. The molecule has 0 bridgehead atoms. The van der Waals surface area contributed by atoms with Crippen molar-refractivity contribution >= 4 is 16.8 Å². The lowest BCUT2D eigenvalue weighted by Gasteiger charge is -2.12. The number of pyridine rings is 2. The fraction of sp³-hybridized carbons (Fsp3) is 0.0870. The molecule has 28 heavy (non-hydrogen) atoms. The number of hydrogen-bond acceptors (Lipinski definition) is 3. The second kappa shape index (κ2) is 8.31. The first kappa shape index (κ1) is 17.7. The van der Waals surface area contributed by atoms with Gasteiger partial charge in [-0.1, -0.05) is 48.5 Å². The van der Waals surface area contributed by atoms with Gasteiger partial charge in [0.1, 0.15) is 0 Å². The van der Waals surface area contributed by atoms with E-state index in [1.807, 2.05) is 48.5 Å². The summed E-state index contributed by atoms with van der Waals surface area (Å²) in [5.74, 6) is 0. The van der Waals surface area contributed by atoms with E-state index in [2.05, 4.69) is 38.8 Å². The van der Waals surface area contributed by atoms with E-state index in [-0.39, 0.29) is 6.03 Å². The number of nitrogens with zero attached hydrogens (tertiary/aromatic N) is 2. The lowest BCUT2D eigenvalue weighted by atomic mass is 10.0. The van der Waals surface area contributed by atoms with Crippen LogP contribution < -0.4 is 10.6 Å². The molecule has 0 saturated heterocycles. The van der Waals surface area contributed by atoms with E-state index in [1.54, 1.807) is 18.6 Å². The van der Waals surface area contributed by atoms with Crippen molar-refractivity contribution in [3.05, 3.63) is 96.4 Å². The number of carbonyl (C=O) groups excluding carboxylic acids is 1. The highest BCUT2D eigenvalue weighted by atomic mass is 16.2. The smallest absolute Gasteiger partial charge is 0.315 e. The third-order valence-corrected chi connectivity index (χ3v) is 4.58. The molecule has 4 aromatic rings. The topological polar surface area (TPSA) is 66.9 Å². The minimum atomic E-state index is -0.214. The molecule has 2 N–H and O–H groups in total. The van der Waals surface area contributed by atoms with E-state index >= 15 is 0 Å². The highest BCUT2D eigenvalue weighted by Crippen LogP contribution is 2.20. The largest absolute Gasteiger partial charge is 0.334 e. The Kier molecular flexibility index (Phi) is 5.24. The Labute approximate surface area is 163 Å². The molecule has 2 amide bonds. The predicted octanol–water partition coefficient (Wildman–Crippen LogP) is 4.30. The van der Waals surface area contributed by atoms with Crippen molar-refractivity contribution in [1.29, 1.82) is 0 Å². The summed E-state index contributed by atoms with van der Waals surface area (Å²) in [6.45, 7) is 0.856. The van der Waals surface area contributed by atoms with Gasteiger partial charge in [0.15, 0.2) is 0 Å². The van der Waals surface area contributed by atoms with E-state index in [0.29, 0.717) is 13.1 Å². The first-order valence-corrected chi connectivity index (χ1v) is 9.14. The van der Waals surface area contributed by atoms with Gasteiger partial charge >= 0.3 is 6.03 Å². The van der Waals surface area contributed by atoms with Gasteiger partial charge < -0.3 is 10.6 Å². The predicted molar refractivity (Wildman–Crippen MR) is 110 cm³/mol. The van der Waals surface area contributed by atoms with Gasteiger partial charge in [-0.3, -0.25) is 9.97 Å². The number of rotatable bonds is 5. The summed E-state index contributed by atoms with van der Waals surface area (Å²) in [5, 5.41) is 8.17. The Hall–Kier alpha value is -3.73. The Balaban J connectivity index is 1.40. The number of benzene rings is 2. The van der Waals surface area contributed by atoms with Crippen LogP contribution >= 0.6 is 0 Å². The summed E-state index contributed by atoms with van der Waals surface area (Å²) in [7, 11) is 0. The lowest BCUT2D eigenvalue weighted by Crippen LogP contribution is -2.34. The van der Waals surface area contributed by atoms with Crippen molar-refractivity contribution in [2.45, 2.75) is 13.1 Å². The molecule has 0 radical (unpaired) electrons. The Morgan fingerprint density at radius 2 is 1.54 bits per heavy atom. The van der Waals surface area contributed by atoms with Crippen LogP contribution in [0.4, 0.5) is 4.79 Å². The molecule has 2 heterocycles. The summed E-state index contributed by atoms with van der Waals surface area (Å²) >= 11 is 0. The van der Waals surface area contributed by atoms with Crippen LogP contribution in [0.5, 0.6) is 0 Å². The number of hydrogen-bond donors (Lipinski definition) is 2. The first-order valence-electron chi connectivity index (χ1n) is 9.14. The van der Waals surface area contributed by atoms with Gasteiger partial charge in [-0.25, -0.2) is 4.79 Å². The molecule has 4 rings (SSSR count). The second-order valence-corrected chi connectivity index (χ2v) is 6.43. The summed E-state index contributed by atoms with van der Waals surface area (Å²) in [6, 6.07) is 21.7. The van der Waals surface area contributed by atoms with Crippen LogP contribution in [0.25, 0.3) is 22.0 Å². The van der Waals surface area contributed by atoms with E-state index < -0.39 is 0 Å².